The lowest BCUT2D eigenvalue weighted by atomic mass is 10.1. The van der Waals surface area contributed by atoms with Crippen LogP contribution >= 0.6 is 11.8 Å². The van der Waals surface area contributed by atoms with Crippen molar-refractivity contribution in [2.45, 2.75) is 44.0 Å². The lowest BCUT2D eigenvalue weighted by Crippen LogP contribution is -2.31. The molecule has 1 aromatic rings. The molecule has 0 radical (unpaired) electrons. The molecule has 2 heteroatoms. The normalized spacial score (nSPS) is 12.3. The molecule has 0 saturated carbocycles. The summed E-state index contributed by atoms with van der Waals surface area (Å²) in [7, 11) is 0. The summed E-state index contributed by atoms with van der Waals surface area (Å²) in [6, 6.07) is 9.41. The minimum Gasteiger partial charge on any atom is -0.313 e. The lowest BCUT2D eigenvalue weighted by Gasteiger charge is -2.17. The Bertz CT molecular complexity index is 331. The van der Waals surface area contributed by atoms with E-state index in [1.165, 1.54) is 23.3 Å². The second kappa shape index (κ2) is 9.23. The zero-order valence-corrected chi connectivity index (χ0v) is 12.4. The zero-order chi connectivity index (χ0) is 13.2. The molecule has 0 aromatic heterocycles. The molecule has 100 valence electrons. The first-order chi connectivity index (χ1) is 8.76. The molecule has 1 atom stereocenters. The Morgan fingerprint density at radius 2 is 2.06 bits per heavy atom. The van der Waals surface area contributed by atoms with Gasteiger partial charge in [0.25, 0.3) is 0 Å². The fourth-order valence-corrected chi connectivity index (χ4v) is 2.88. The van der Waals surface area contributed by atoms with Crippen LogP contribution in [-0.2, 0) is 0 Å². The van der Waals surface area contributed by atoms with Gasteiger partial charge in [0.15, 0.2) is 0 Å². The zero-order valence-electron chi connectivity index (χ0n) is 11.6. The van der Waals surface area contributed by atoms with E-state index in [9.17, 15) is 0 Å². The Labute approximate surface area is 116 Å². The van der Waals surface area contributed by atoms with Crippen molar-refractivity contribution in [1.82, 2.24) is 5.32 Å². The summed E-state index contributed by atoms with van der Waals surface area (Å²) >= 11 is 1.95. The average Bonchev–Trinajstić information content (AvgIpc) is 2.38. The Kier molecular flexibility index (Phi) is 7.86. The number of aryl methyl sites for hydroxylation is 1. The summed E-state index contributed by atoms with van der Waals surface area (Å²) in [5.74, 6) is 1.15. The molecule has 0 saturated heterocycles. The Morgan fingerprint density at radius 1 is 1.33 bits per heavy atom. The summed E-state index contributed by atoms with van der Waals surface area (Å²) in [4.78, 5) is 1.37. The van der Waals surface area contributed by atoms with Gasteiger partial charge >= 0.3 is 0 Å². The van der Waals surface area contributed by atoms with E-state index in [2.05, 4.69) is 50.0 Å². The van der Waals surface area contributed by atoms with Crippen LogP contribution in [0.1, 0.15) is 31.7 Å². The van der Waals surface area contributed by atoms with Gasteiger partial charge in [0.2, 0.25) is 0 Å². The van der Waals surface area contributed by atoms with E-state index in [4.69, 9.17) is 0 Å². The highest BCUT2D eigenvalue weighted by Gasteiger charge is 2.07. The van der Waals surface area contributed by atoms with E-state index < -0.39 is 0 Å². The van der Waals surface area contributed by atoms with Crippen LogP contribution < -0.4 is 5.32 Å². The molecule has 18 heavy (non-hydrogen) atoms. The monoisotopic (exact) mass is 263 g/mol. The number of benzene rings is 1. The van der Waals surface area contributed by atoms with Gasteiger partial charge in [-0.2, -0.15) is 0 Å². The minimum absolute atomic E-state index is 0.612. The fraction of sp³-hybridized carbons (Fsp3) is 0.500. The molecule has 1 N–H and O–H groups in total. The highest BCUT2D eigenvalue weighted by atomic mass is 32.2. The van der Waals surface area contributed by atoms with Gasteiger partial charge in [-0.05, 0) is 44.9 Å². The quantitative estimate of drug-likeness (QED) is 0.402. The first kappa shape index (κ1) is 15.3. The van der Waals surface area contributed by atoms with Gasteiger partial charge in [-0.15, -0.1) is 18.3 Å². The first-order valence-electron chi connectivity index (χ1n) is 6.80. The molecular weight excluding hydrogens is 238 g/mol. The van der Waals surface area contributed by atoms with Crippen LogP contribution in [0, 0.1) is 6.92 Å². The third kappa shape index (κ3) is 6.27. The van der Waals surface area contributed by atoms with Crippen LogP contribution in [0.15, 0.2) is 41.8 Å². The molecule has 0 fully saturated rings. The van der Waals surface area contributed by atoms with Gasteiger partial charge in [0, 0.05) is 16.7 Å². The summed E-state index contributed by atoms with van der Waals surface area (Å²) in [5.41, 5.74) is 1.33. The van der Waals surface area contributed by atoms with Gasteiger partial charge in [0.1, 0.15) is 0 Å². The van der Waals surface area contributed by atoms with E-state index in [1.54, 1.807) is 0 Å². The third-order valence-electron chi connectivity index (χ3n) is 2.93. The maximum absolute atomic E-state index is 3.78. The molecule has 1 rings (SSSR count). The van der Waals surface area contributed by atoms with Gasteiger partial charge in [-0.1, -0.05) is 30.7 Å². The highest BCUT2D eigenvalue weighted by molar-refractivity contribution is 7.99. The van der Waals surface area contributed by atoms with E-state index in [0.717, 1.165) is 18.7 Å². The van der Waals surface area contributed by atoms with Gasteiger partial charge < -0.3 is 5.32 Å². The molecule has 0 amide bonds. The molecule has 1 unspecified atom stereocenters. The van der Waals surface area contributed by atoms with Crippen molar-refractivity contribution in [2.75, 3.05) is 12.3 Å². The maximum atomic E-state index is 3.78. The van der Waals surface area contributed by atoms with E-state index >= 15 is 0 Å². The topological polar surface area (TPSA) is 12.0 Å². The van der Waals surface area contributed by atoms with Crippen molar-refractivity contribution < 1.29 is 0 Å². The molecular formula is C16H25NS. The third-order valence-corrected chi connectivity index (χ3v) is 4.10. The Morgan fingerprint density at radius 3 is 2.67 bits per heavy atom. The Balaban J connectivity index is 2.35. The second-order valence-electron chi connectivity index (χ2n) is 4.60. The van der Waals surface area contributed by atoms with Crippen LogP contribution in [0.5, 0.6) is 0 Å². The Hall–Kier alpha value is -0.730. The van der Waals surface area contributed by atoms with Crippen LogP contribution in [0.25, 0.3) is 0 Å². The average molecular weight is 263 g/mol. The number of rotatable bonds is 9. The smallest absolute Gasteiger partial charge is 0.0161 e. The minimum atomic E-state index is 0.612. The molecule has 1 nitrogen and oxygen atoms in total. The second-order valence-corrected chi connectivity index (χ2v) is 5.69. The molecule has 1 aromatic carbocycles. The van der Waals surface area contributed by atoms with Gasteiger partial charge in [0.05, 0.1) is 0 Å². The van der Waals surface area contributed by atoms with Gasteiger partial charge in [-0.25, -0.2) is 0 Å². The standard InChI is InChI=1S/C16H25NS/c1-4-6-7-8-15(17-5-2)13-18-16-11-9-14(3)10-12-16/h4,9-12,15,17H,1,5-8,13H2,2-3H3. The molecule has 0 spiro atoms. The number of nitrogens with one attached hydrogen (secondary N) is 1. The van der Waals surface area contributed by atoms with E-state index in [1.807, 2.05) is 17.8 Å². The predicted molar refractivity (Wildman–Crippen MR) is 83.4 cm³/mol. The van der Waals surface area contributed by atoms with Crippen molar-refractivity contribution in [2.24, 2.45) is 0 Å². The van der Waals surface area contributed by atoms with Crippen molar-refractivity contribution in [3.8, 4) is 0 Å². The van der Waals surface area contributed by atoms with Crippen molar-refractivity contribution in [1.29, 1.82) is 0 Å². The maximum Gasteiger partial charge on any atom is 0.0161 e. The fourth-order valence-electron chi connectivity index (χ4n) is 1.87. The number of unbranched alkanes of at least 4 members (excludes halogenated alkanes) is 1. The molecule has 0 bridgehead atoms. The summed E-state index contributed by atoms with van der Waals surface area (Å²) in [6.07, 6.45) is 5.60. The highest BCUT2D eigenvalue weighted by Crippen LogP contribution is 2.20. The largest absolute Gasteiger partial charge is 0.313 e. The number of allylic oxidation sites excluding steroid dienone is 1. The van der Waals surface area contributed by atoms with Crippen LogP contribution in [-0.4, -0.2) is 18.3 Å². The predicted octanol–water partition coefficient (Wildman–Crippen LogP) is 4.42. The summed E-state index contributed by atoms with van der Waals surface area (Å²) in [6.45, 7) is 9.14. The number of hydrogen-bond acceptors (Lipinski definition) is 2. The first-order valence-corrected chi connectivity index (χ1v) is 7.78. The van der Waals surface area contributed by atoms with Gasteiger partial charge in [-0.3, -0.25) is 0 Å². The van der Waals surface area contributed by atoms with Crippen molar-refractivity contribution in [3.05, 3.63) is 42.5 Å². The lowest BCUT2D eigenvalue weighted by molar-refractivity contribution is 0.521. The number of hydrogen-bond donors (Lipinski definition) is 1. The van der Waals surface area contributed by atoms with Crippen molar-refractivity contribution in [3.63, 3.8) is 0 Å². The molecule has 0 aliphatic rings. The number of thioether (sulfide) groups is 1. The molecule has 0 heterocycles. The van der Waals surface area contributed by atoms with E-state index in [0.29, 0.717) is 6.04 Å². The summed E-state index contributed by atoms with van der Waals surface area (Å²) in [5, 5.41) is 3.57. The SMILES string of the molecule is C=CCCCC(CSc1ccc(C)cc1)NCC. The molecule has 0 aliphatic heterocycles. The van der Waals surface area contributed by atoms with Crippen LogP contribution in [0.4, 0.5) is 0 Å². The summed E-state index contributed by atoms with van der Waals surface area (Å²) < 4.78 is 0. The molecule has 0 aliphatic carbocycles. The van der Waals surface area contributed by atoms with Crippen molar-refractivity contribution >= 4 is 11.8 Å². The van der Waals surface area contributed by atoms with E-state index in [-0.39, 0.29) is 0 Å². The van der Waals surface area contributed by atoms with Crippen LogP contribution in [0.2, 0.25) is 0 Å². The van der Waals surface area contributed by atoms with Crippen LogP contribution in [0.3, 0.4) is 0 Å².